The number of alkyl halides is 3. The summed E-state index contributed by atoms with van der Waals surface area (Å²) in [6.07, 6.45) is 3.17. The average molecular weight is 532 g/mol. The van der Waals surface area contributed by atoms with Gasteiger partial charge in [0, 0.05) is 44.2 Å². The third-order valence-corrected chi connectivity index (χ3v) is 9.92. The Morgan fingerprint density at radius 1 is 0.921 bits per heavy atom. The van der Waals surface area contributed by atoms with Crippen molar-refractivity contribution >= 4 is 11.7 Å². The molecule has 2 aliphatic heterocycles. The molecule has 0 radical (unpaired) electrons. The Bertz CT molecular complexity index is 1180. The number of hydrogen-bond acceptors (Lipinski definition) is 4. The molecule has 2 unspecified atom stereocenters. The second kappa shape index (κ2) is 8.69. The molecule has 1 aromatic heterocycles. The fraction of sp³-hybridized carbons (Fsp3) is 0.643. The summed E-state index contributed by atoms with van der Waals surface area (Å²) < 4.78 is 56.4. The van der Waals surface area contributed by atoms with Crippen LogP contribution < -0.4 is 5.32 Å². The summed E-state index contributed by atoms with van der Waals surface area (Å²) >= 11 is 0. The first-order valence-corrected chi connectivity index (χ1v) is 13.9. The van der Waals surface area contributed by atoms with Gasteiger partial charge in [0.25, 0.3) is 5.91 Å². The fourth-order valence-electron chi connectivity index (χ4n) is 8.59. The number of hydrogen-bond donors (Lipinski definition) is 1. The van der Waals surface area contributed by atoms with Gasteiger partial charge < -0.3 is 10.2 Å². The second-order valence-electron chi connectivity index (χ2n) is 12.3. The lowest BCUT2D eigenvalue weighted by molar-refractivity contribution is -0.173. The van der Waals surface area contributed by atoms with Crippen LogP contribution in [-0.2, 0) is 0 Å². The van der Waals surface area contributed by atoms with Crippen molar-refractivity contribution in [3.05, 3.63) is 47.4 Å². The lowest BCUT2D eigenvalue weighted by atomic mass is 9.52. The number of anilines is 1. The van der Waals surface area contributed by atoms with Crippen molar-refractivity contribution in [3.8, 4) is 0 Å². The largest absolute Gasteiger partial charge is 0.410 e. The maximum absolute atomic E-state index is 14.0. The summed E-state index contributed by atoms with van der Waals surface area (Å²) in [6, 6.07) is 4.35. The monoisotopic (exact) mass is 531 g/mol. The minimum atomic E-state index is -4.54. The molecule has 38 heavy (non-hydrogen) atoms. The molecule has 6 nitrogen and oxygen atoms in total. The van der Waals surface area contributed by atoms with Gasteiger partial charge in [-0.15, -0.1) is 0 Å². The van der Waals surface area contributed by atoms with Crippen molar-refractivity contribution < 1.29 is 22.4 Å². The van der Waals surface area contributed by atoms with Crippen LogP contribution in [0.1, 0.15) is 73.1 Å². The van der Waals surface area contributed by atoms with E-state index in [0.717, 1.165) is 35.5 Å². The molecule has 2 aromatic rings. The minimum Gasteiger partial charge on any atom is -0.363 e. The zero-order valence-electron chi connectivity index (χ0n) is 21.3. The highest BCUT2D eigenvalue weighted by molar-refractivity contribution is 5.93. The standard InChI is InChI=1S/C28H33F4N5O/c29-21-3-1-20(2-4-21)22-12-24(28(30,31)32)37-25(33-22)13-23(34-37)26(38)35-5-7-36(8-6-35)27-14-17-9-18(15-27)11-19(10-17)16-27/h1-4,13,17-19,22,24,33H,5-12,14-16H2. The number of halogens is 4. The summed E-state index contributed by atoms with van der Waals surface area (Å²) in [5, 5.41) is 7.25. The Morgan fingerprint density at radius 2 is 1.53 bits per heavy atom. The van der Waals surface area contributed by atoms with E-state index in [2.05, 4.69) is 15.3 Å². The molecule has 0 spiro atoms. The number of carbonyl (C=O) groups excluding carboxylic acids is 1. The number of piperazine rings is 1. The van der Waals surface area contributed by atoms with Crippen LogP contribution in [0.2, 0.25) is 0 Å². The van der Waals surface area contributed by atoms with Gasteiger partial charge in [-0.1, -0.05) is 12.1 Å². The van der Waals surface area contributed by atoms with Crippen LogP contribution in [0.4, 0.5) is 23.4 Å². The molecule has 3 heterocycles. The van der Waals surface area contributed by atoms with Crippen molar-refractivity contribution in [3.63, 3.8) is 0 Å². The van der Waals surface area contributed by atoms with Crippen molar-refractivity contribution in [2.75, 3.05) is 31.5 Å². The van der Waals surface area contributed by atoms with Gasteiger partial charge in [-0.25, -0.2) is 9.07 Å². The predicted molar refractivity (Wildman–Crippen MR) is 133 cm³/mol. The van der Waals surface area contributed by atoms with Crippen molar-refractivity contribution in [1.29, 1.82) is 0 Å². The number of amides is 1. The predicted octanol–water partition coefficient (Wildman–Crippen LogP) is 5.41. The summed E-state index contributed by atoms with van der Waals surface area (Å²) in [7, 11) is 0. The van der Waals surface area contributed by atoms with Crippen molar-refractivity contribution in [1.82, 2.24) is 19.6 Å². The molecule has 1 N–H and O–H groups in total. The van der Waals surface area contributed by atoms with Crippen LogP contribution in [0, 0.1) is 23.6 Å². The molecule has 5 fully saturated rings. The van der Waals surface area contributed by atoms with Gasteiger partial charge in [-0.2, -0.15) is 18.3 Å². The molecule has 4 bridgehead atoms. The maximum atomic E-state index is 14.0. The van der Waals surface area contributed by atoms with Gasteiger partial charge >= 0.3 is 6.18 Å². The topological polar surface area (TPSA) is 53.4 Å². The number of carbonyl (C=O) groups is 1. The lowest BCUT2D eigenvalue weighted by Gasteiger charge is -2.61. The Balaban J connectivity index is 1.07. The Hall–Kier alpha value is -2.62. The summed E-state index contributed by atoms with van der Waals surface area (Å²) in [5.41, 5.74) is 0.878. The first-order valence-electron chi connectivity index (χ1n) is 13.9. The van der Waals surface area contributed by atoms with Crippen LogP contribution in [0.15, 0.2) is 30.3 Å². The number of benzene rings is 1. The number of nitrogens with one attached hydrogen (secondary N) is 1. The van der Waals surface area contributed by atoms with Crippen LogP contribution in [0.5, 0.6) is 0 Å². The van der Waals surface area contributed by atoms with E-state index in [1.54, 1.807) is 4.90 Å². The van der Waals surface area contributed by atoms with Gasteiger partial charge in [0.15, 0.2) is 11.7 Å². The zero-order chi connectivity index (χ0) is 26.2. The highest BCUT2D eigenvalue weighted by Crippen LogP contribution is 2.58. The SMILES string of the molecule is O=C(c1cc2n(n1)C(C(F)(F)F)CC(c1ccc(F)cc1)N2)N1CCN(C23CC4CC(CC(C4)C2)C3)CC1. The number of aromatic nitrogens is 2. The number of fused-ring (bicyclic) bond motifs is 1. The maximum Gasteiger partial charge on any atom is 0.410 e. The Morgan fingerprint density at radius 3 is 2.11 bits per heavy atom. The van der Waals surface area contributed by atoms with Gasteiger partial charge in [0.1, 0.15) is 11.6 Å². The van der Waals surface area contributed by atoms with Crippen molar-refractivity contribution in [2.24, 2.45) is 17.8 Å². The van der Waals surface area contributed by atoms with E-state index in [1.807, 2.05) is 0 Å². The second-order valence-corrected chi connectivity index (χ2v) is 12.3. The Labute approximate surface area is 219 Å². The zero-order valence-corrected chi connectivity index (χ0v) is 21.3. The first kappa shape index (κ1) is 24.4. The third-order valence-electron chi connectivity index (χ3n) is 9.92. The van der Waals surface area contributed by atoms with E-state index in [1.165, 1.54) is 68.9 Å². The van der Waals surface area contributed by atoms with Gasteiger partial charge in [-0.3, -0.25) is 9.69 Å². The first-order chi connectivity index (χ1) is 18.2. The van der Waals surface area contributed by atoms with E-state index in [9.17, 15) is 22.4 Å². The quantitative estimate of drug-likeness (QED) is 0.539. The van der Waals surface area contributed by atoms with E-state index in [4.69, 9.17) is 0 Å². The average Bonchev–Trinajstić information content (AvgIpc) is 3.31. The molecule has 1 saturated heterocycles. The summed E-state index contributed by atoms with van der Waals surface area (Å²) in [6.45, 7) is 2.75. The summed E-state index contributed by atoms with van der Waals surface area (Å²) in [5.74, 6) is 1.95. The highest BCUT2D eigenvalue weighted by Gasteiger charge is 2.54. The highest BCUT2D eigenvalue weighted by atomic mass is 19.4. The Kier molecular flexibility index (Phi) is 5.59. The van der Waals surface area contributed by atoms with Crippen LogP contribution in [0.3, 0.4) is 0 Å². The molecular weight excluding hydrogens is 498 g/mol. The van der Waals surface area contributed by atoms with E-state index in [-0.39, 0.29) is 29.4 Å². The van der Waals surface area contributed by atoms with Crippen LogP contribution >= 0.6 is 0 Å². The molecule has 2 atom stereocenters. The molecule has 4 saturated carbocycles. The van der Waals surface area contributed by atoms with E-state index >= 15 is 0 Å². The van der Waals surface area contributed by atoms with Crippen molar-refractivity contribution in [2.45, 2.75) is 68.7 Å². The van der Waals surface area contributed by atoms with Gasteiger partial charge in [0.05, 0.1) is 6.04 Å². The number of nitrogens with zero attached hydrogens (tertiary/aromatic N) is 4. The van der Waals surface area contributed by atoms with E-state index in [0.29, 0.717) is 18.7 Å². The molecule has 1 amide bonds. The molecule has 10 heteroatoms. The molecule has 1 aromatic carbocycles. The smallest absolute Gasteiger partial charge is 0.363 e. The van der Waals surface area contributed by atoms with Crippen LogP contribution in [-0.4, -0.2) is 63.4 Å². The minimum absolute atomic E-state index is 0.0322. The van der Waals surface area contributed by atoms with Gasteiger partial charge in [-0.05, 0) is 74.0 Å². The van der Waals surface area contributed by atoms with E-state index < -0.39 is 24.1 Å². The summed E-state index contributed by atoms with van der Waals surface area (Å²) in [4.78, 5) is 17.8. The third kappa shape index (κ3) is 4.10. The number of rotatable bonds is 3. The molecule has 204 valence electrons. The molecular formula is C28H33F4N5O. The molecule has 4 aliphatic carbocycles. The molecule has 8 rings (SSSR count). The van der Waals surface area contributed by atoms with Crippen LogP contribution in [0.25, 0.3) is 0 Å². The molecule has 6 aliphatic rings. The normalized spacial score (nSPS) is 34.7. The van der Waals surface area contributed by atoms with Gasteiger partial charge in [0.2, 0.25) is 0 Å². The fourth-order valence-corrected chi connectivity index (χ4v) is 8.59. The lowest BCUT2D eigenvalue weighted by Crippen LogP contribution is -2.64.